The van der Waals surface area contributed by atoms with Crippen LogP contribution < -0.4 is 16.2 Å². The number of benzene rings is 1. The number of primary amides is 1. The molecule has 0 saturated carbocycles. The van der Waals surface area contributed by atoms with Gasteiger partial charge in [0.25, 0.3) is 0 Å². The smallest absolute Gasteiger partial charge is 0.240 e. The van der Waals surface area contributed by atoms with Gasteiger partial charge < -0.3 is 11.5 Å². The molecular weight excluding hydrogens is 273 g/mol. The zero-order valence-corrected chi connectivity index (χ0v) is 11.4. The first-order valence-corrected chi connectivity index (χ1v) is 6.89. The molecular formula is C11H16FN3O3S. The molecule has 0 radical (unpaired) electrons. The summed E-state index contributed by atoms with van der Waals surface area (Å²) in [5, 5.41) is 0. The van der Waals surface area contributed by atoms with Crippen LogP contribution in [0.5, 0.6) is 0 Å². The molecule has 1 aromatic rings. The minimum absolute atomic E-state index is 0.165. The van der Waals surface area contributed by atoms with Crippen LogP contribution in [0.4, 0.5) is 10.1 Å². The van der Waals surface area contributed by atoms with Gasteiger partial charge in [0.1, 0.15) is 5.82 Å². The molecule has 0 spiro atoms. The van der Waals surface area contributed by atoms with Gasteiger partial charge >= 0.3 is 0 Å². The van der Waals surface area contributed by atoms with Crippen LogP contribution in [0.1, 0.15) is 13.8 Å². The van der Waals surface area contributed by atoms with Crippen LogP contribution in [0.3, 0.4) is 0 Å². The predicted octanol–water partition coefficient (Wildman–Crippen LogP) is 0.198. The summed E-state index contributed by atoms with van der Waals surface area (Å²) in [5.74, 6) is -1.33. The lowest BCUT2D eigenvalue weighted by atomic mass is 9.93. The van der Waals surface area contributed by atoms with Crippen LogP contribution in [0.15, 0.2) is 23.1 Å². The molecule has 19 heavy (non-hydrogen) atoms. The maximum atomic E-state index is 13.0. The summed E-state index contributed by atoms with van der Waals surface area (Å²) in [5.41, 5.74) is 9.15. The Morgan fingerprint density at radius 1 is 1.42 bits per heavy atom. The van der Waals surface area contributed by atoms with Gasteiger partial charge in [0.05, 0.1) is 16.0 Å². The molecule has 0 aliphatic rings. The van der Waals surface area contributed by atoms with Crippen molar-refractivity contribution < 1.29 is 17.6 Å². The van der Waals surface area contributed by atoms with Crippen LogP contribution >= 0.6 is 0 Å². The third-order valence-corrected chi connectivity index (χ3v) is 4.05. The monoisotopic (exact) mass is 289 g/mol. The number of halogens is 1. The molecule has 1 amide bonds. The van der Waals surface area contributed by atoms with Crippen molar-refractivity contribution in [3.8, 4) is 0 Å². The van der Waals surface area contributed by atoms with Gasteiger partial charge in [0, 0.05) is 6.54 Å². The largest absolute Gasteiger partial charge is 0.396 e. The highest BCUT2D eigenvalue weighted by Gasteiger charge is 2.27. The summed E-state index contributed by atoms with van der Waals surface area (Å²) >= 11 is 0. The lowest BCUT2D eigenvalue weighted by molar-refractivity contribution is -0.125. The van der Waals surface area contributed by atoms with E-state index < -0.39 is 27.2 Å². The molecule has 5 N–H and O–H groups in total. The Morgan fingerprint density at radius 2 is 2.00 bits per heavy atom. The number of amides is 1. The van der Waals surface area contributed by atoms with Gasteiger partial charge in [-0.1, -0.05) is 0 Å². The first-order valence-electron chi connectivity index (χ1n) is 5.41. The van der Waals surface area contributed by atoms with E-state index in [2.05, 4.69) is 4.72 Å². The summed E-state index contributed by atoms with van der Waals surface area (Å²) in [7, 11) is -3.87. The van der Waals surface area contributed by atoms with E-state index in [9.17, 15) is 17.6 Å². The number of hydrogen-bond donors (Lipinski definition) is 3. The van der Waals surface area contributed by atoms with Crippen molar-refractivity contribution in [2.75, 3.05) is 12.3 Å². The number of nitrogens with two attached hydrogens (primary N) is 2. The van der Waals surface area contributed by atoms with E-state index in [-0.39, 0.29) is 17.1 Å². The molecule has 1 rings (SSSR count). The van der Waals surface area contributed by atoms with Gasteiger partial charge in [-0.05, 0) is 32.0 Å². The topological polar surface area (TPSA) is 115 Å². The average molecular weight is 289 g/mol. The van der Waals surface area contributed by atoms with E-state index in [1.807, 2.05) is 0 Å². The molecule has 0 aromatic heterocycles. The molecule has 0 atom stereocenters. The summed E-state index contributed by atoms with van der Waals surface area (Å²) in [6, 6.07) is 3.06. The van der Waals surface area contributed by atoms with Crippen molar-refractivity contribution in [3.63, 3.8) is 0 Å². The molecule has 0 aliphatic carbocycles. The van der Waals surface area contributed by atoms with E-state index >= 15 is 0 Å². The van der Waals surface area contributed by atoms with E-state index in [1.54, 1.807) is 0 Å². The van der Waals surface area contributed by atoms with E-state index in [4.69, 9.17) is 11.5 Å². The van der Waals surface area contributed by atoms with Gasteiger partial charge in [0.2, 0.25) is 15.9 Å². The Hall–Kier alpha value is -1.67. The Balaban J connectivity index is 2.93. The second-order valence-corrected chi connectivity index (χ2v) is 6.52. The fourth-order valence-corrected chi connectivity index (χ4v) is 2.38. The lowest BCUT2D eigenvalue weighted by Gasteiger charge is -2.20. The summed E-state index contributed by atoms with van der Waals surface area (Å²) < 4.78 is 39.1. The number of carbonyl (C=O) groups is 1. The molecule has 8 heteroatoms. The van der Waals surface area contributed by atoms with Crippen LogP contribution in [-0.2, 0) is 14.8 Å². The minimum Gasteiger partial charge on any atom is -0.396 e. The number of anilines is 1. The average Bonchev–Trinajstić information content (AvgIpc) is 2.30. The highest BCUT2D eigenvalue weighted by molar-refractivity contribution is 7.89. The third kappa shape index (κ3) is 3.65. The first-order chi connectivity index (χ1) is 8.56. The van der Waals surface area contributed by atoms with Gasteiger partial charge in [-0.15, -0.1) is 0 Å². The fraction of sp³-hybridized carbons (Fsp3) is 0.364. The number of carbonyl (C=O) groups excluding carboxylic acids is 1. The van der Waals surface area contributed by atoms with E-state index in [1.165, 1.54) is 13.8 Å². The van der Waals surface area contributed by atoms with Crippen molar-refractivity contribution >= 4 is 21.6 Å². The molecule has 0 fully saturated rings. The lowest BCUT2D eigenvalue weighted by Crippen LogP contribution is -2.42. The summed E-state index contributed by atoms with van der Waals surface area (Å²) in [6.45, 7) is 2.86. The second-order valence-electron chi connectivity index (χ2n) is 4.76. The maximum absolute atomic E-state index is 13.0. The van der Waals surface area contributed by atoms with E-state index in [0.717, 1.165) is 18.2 Å². The van der Waals surface area contributed by atoms with Gasteiger partial charge in [-0.2, -0.15) is 0 Å². The number of hydrogen-bond acceptors (Lipinski definition) is 4. The van der Waals surface area contributed by atoms with E-state index in [0.29, 0.717) is 0 Å². The van der Waals surface area contributed by atoms with Crippen molar-refractivity contribution in [1.29, 1.82) is 0 Å². The molecule has 0 bridgehead atoms. The normalized spacial score (nSPS) is 12.4. The summed E-state index contributed by atoms with van der Waals surface area (Å²) in [6.07, 6.45) is 0. The highest BCUT2D eigenvalue weighted by atomic mass is 32.2. The maximum Gasteiger partial charge on any atom is 0.240 e. The fourth-order valence-electron chi connectivity index (χ4n) is 1.13. The molecule has 1 aromatic carbocycles. The Bertz CT molecular complexity index is 599. The second kappa shape index (κ2) is 5.14. The van der Waals surface area contributed by atoms with Gasteiger partial charge in [0.15, 0.2) is 0 Å². The zero-order chi connectivity index (χ0) is 14.8. The molecule has 0 heterocycles. The number of rotatable bonds is 5. The van der Waals surface area contributed by atoms with Gasteiger partial charge in [-0.3, -0.25) is 4.79 Å². The molecule has 0 aliphatic heterocycles. The minimum atomic E-state index is -3.87. The van der Waals surface area contributed by atoms with Crippen molar-refractivity contribution in [2.24, 2.45) is 11.1 Å². The standard InChI is InChI=1S/C11H16FN3O3S/c1-11(2,10(14)16)6-15-19(17,18)7-3-4-8(12)9(13)5-7/h3-5,15H,6,13H2,1-2H3,(H2,14,16). The molecule has 0 unspecified atom stereocenters. The van der Waals surface area contributed by atoms with Crippen LogP contribution in [-0.4, -0.2) is 20.9 Å². The Morgan fingerprint density at radius 3 is 2.47 bits per heavy atom. The van der Waals surface area contributed by atoms with Crippen LogP contribution in [0.2, 0.25) is 0 Å². The SMILES string of the molecule is CC(C)(CNS(=O)(=O)c1ccc(F)c(N)c1)C(N)=O. The molecule has 0 saturated heterocycles. The van der Waals surface area contributed by atoms with Crippen molar-refractivity contribution in [3.05, 3.63) is 24.0 Å². The number of sulfonamides is 1. The van der Waals surface area contributed by atoms with Gasteiger partial charge in [-0.25, -0.2) is 17.5 Å². The Kier molecular flexibility index (Phi) is 4.16. The zero-order valence-electron chi connectivity index (χ0n) is 10.6. The Labute approximate surface area is 111 Å². The molecule has 6 nitrogen and oxygen atoms in total. The first kappa shape index (κ1) is 15.4. The highest BCUT2D eigenvalue weighted by Crippen LogP contribution is 2.18. The number of nitrogens with one attached hydrogen (secondary N) is 1. The predicted molar refractivity (Wildman–Crippen MR) is 69.0 cm³/mol. The third-order valence-electron chi connectivity index (χ3n) is 2.65. The quantitative estimate of drug-likeness (QED) is 0.671. The summed E-state index contributed by atoms with van der Waals surface area (Å²) in [4.78, 5) is 10.9. The van der Waals surface area contributed by atoms with Crippen molar-refractivity contribution in [2.45, 2.75) is 18.7 Å². The van der Waals surface area contributed by atoms with Crippen LogP contribution in [0.25, 0.3) is 0 Å². The van der Waals surface area contributed by atoms with Crippen molar-refractivity contribution in [1.82, 2.24) is 4.72 Å². The number of nitrogen functional groups attached to an aromatic ring is 1. The van der Waals surface area contributed by atoms with Crippen LogP contribution in [0, 0.1) is 11.2 Å². The molecule has 106 valence electrons.